The third kappa shape index (κ3) is 3.81. The average molecular weight is 398 g/mol. The number of ether oxygens (including phenoxy) is 3. The molecule has 1 aromatic carbocycles. The molecule has 28 heavy (non-hydrogen) atoms. The molecule has 5 N–H and O–H groups in total. The van der Waals surface area contributed by atoms with Crippen LogP contribution >= 0.6 is 0 Å². The number of benzene rings is 1. The SMILES string of the molecule is COc1cc(C[C@]2(O[C@@H]3C[C@H](CO)[C@@H](O)[C@H](O)[C@H]3O)CCOC2=O)ccc1O. The van der Waals surface area contributed by atoms with Gasteiger partial charge in [-0.1, -0.05) is 6.07 Å². The highest BCUT2D eigenvalue weighted by Crippen LogP contribution is 2.37. The third-order valence-electron chi connectivity index (χ3n) is 5.56. The van der Waals surface area contributed by atoms with Crippen LogP contribution in [0.1, 0.15) is 18.4 Å². The lowest BCUT2D eigenvalue weighted by atomic mass is 9.80. The van der Waals surface area contributed by atoms with Gasteiger partial charge in [0.15, 0.2) is 17.1 Å². The zero-order valence-electron chi connectivity index (χ0n) is 15.5. The van der Waals surface area contributed by atoms with Crippen LogP contribution in [0.4, 0.5) is 0 Å². The summed E-state index contributed by atoms with van der Waals surface area (Å²) >= 11 is 0. The summed E-state index contributed by atoms with van der Waals surface area (Å²) in [7, 11) is 1.41. The summed E-state index contributed by atoms with van der Waals surface area (Å²) in [6, 6.07) is 4.65. The van der Waals surface area contributed by atoms with Crippen molar-refractivity contribution in [2.75, 3.05) is 20.3 Å². The molecule has 0 amide bonds. The molecule has 9 heteroatoms. The molecule has 0 spiro atoms. The van der Waals surface area contributed by atoms with Crippen LogP contribution in [0.3, 0.4) is 0 Å². The molecule has 3 rings (SSSR count). The highest BCUT2D eigenvalue weighted by atomic mass is 16.6. The molecule has 1 aliphatic heterocycles. The second kappa shape index (κ2) is 8.22. The van der Waals surface area contributed by atoms with E-state index in [9.17, 15) is 30.3 Å². The fraction of sp³-hybridized carbons (Fsp3) is 0.632. The molecular weight excluding hydrogens is 372 g/mol. The van der Waals surface area contributed by atoms with Crippen LogP contribution in [-0.4, -0.2) is 81.8 Å². The molecule has 2 aliphatic rings. The average Bonchev–Trinajstić information content (AvgIpc) is 3.03. The maximum absolute atomic E-state index is 12.5. The summed E-state index contributed by atoms with van der Waals surface area (Å²) in [5, 5.41) is 49.6. The smallest absolute Gasteiger partial charge is 0.338 e. The standard InChI is InChI=1S/C19H26O9/c1-26-13-6-10(2-3-12(13)21)8-19(4-5-27-18(19)25)28-14-7-11(9-20)15(22)17(24)16(14)23/h2-3,6,11,14-17,20-24H,4-5,7-9H2,1H3/t11-,14-,15-,16+,17+,19-/m1/s1. The van der Waals surface area contributed by atoms with Crippen molar-refractivity contribution < 1.29 is 44.5 Å². The number of hydrogen-bond donors (Lipinski definition) is 5. The topological polar surface area (TPSA) is 146 Å². The van der Waals surface area contributed by atoms with E-state index in [-0.39, 0.29) is 37.4 Å². The Labute approximate surface area is 162 Å². The largest absolute Gasteiger partial charge is 0.504 e. The minimum Gasteiger partial charge on any atom is -0.504 e. The monoisotopic (exact) mass is 398 g/mol. The Balaban J connectivity index is 1.85. The van der Waals surface area contributed by atoms with Crippen LogP contribution in [0.15, 0.2) is 18.2 Å². The number of aromatic hydroxyl groups is 1. The normalized spacial score (nSPS) is 35.6. The Morgan fingerprint density at radius 2 is 1.96 bits per heavy atom. The zero-order chi connectivity index (χ0) is 20.5. The van der Waals surface area contributed by atoms with Crippen molar-refractivity contribution in [3.8, 4) is 11.5 Å². The van der Waals surface area contributed by atoms with E-state index < -0.39 is 48.5 Å². The zero-order valence-corrected chi connectivity index (χ0v) is 15.5. The van der Waals surface area contributed by atoms with Gasteiger partial charge in [0, 0.05) is 25.4 Å². The van der Waals surface area contributed by atoms with Crippen molar-refractivity contribution in [2.45, 2.75) is 49.3 Å². The second-order valence-corrected chi connectivity index (χ2v) is 7.37. The molecule has 1 saturated carbocycles. The fourth-order valence-electron chi connectivity index (χ4n) is 3.88. The van der Waals surface area contributed by atoms with Gasteiger partial charge >= 0.3 is 5.97 Å². The Kier molecular flexibility index (Phi) is 6.11. The lowest BCUT2D eigenvalue weighted by Gasteiger charge is -2.42. The van der Waals surface area contributed by atoms with Crippen LogP contribution in [0, 0.1) is 5.92 Å². The third-order valence-corrected chi connectivity index (χ3v) is 5.56. The molecule has 1 aliphatic carbocycles. The summed E-state index contributed by atoms with van der Waals surface area (Å²) in [6.45, 7) is -0.247. The van der Waals surface area contributed by atoms with Crippen molar-refractivity contribution in [2.24, 2.45) is 5.92 Å². The van der Waals surface area contributed by atoms with E-state index in [1.165, 1.54) is 13.2 Å². The van der Waals surface area contributed by atoms with Crippen LogP contribution in [0.25, 0.3) is 0 Å². The Morgan fingerprint density at radius 1 is 1.21 bits per heavy atom. The van der Waals surface area contributed by atoms with E-state index in [2.05, 4.69) is 0 Å². The number of cyclic esters (lactones) is 1. The van der Waals surface area contributed by atoms with Crippen LogP contribution in [0.2, 0.25) is 0 Å². The highest BCUT2D eigenvalue weighted by Gasteiger charge is 2.52. The highest BCUT2D eigenvalue weighted by molar-refractivity contribution is 5.82. The van der Waals surface area contributed by atoms with Gasteiger partial charge in [0.1, 0.15) is 12.2 Å². The molecule has 6 atom stereocenters. The molecule has 0 unspecified atom stereocenters. The van der Waals surface area contributed by atoms with E-state index in [4.69, 9.17) is 14.2 Å². The second-order valence-electron chi connectivity index (χ2n) is 7.37. The number of aliphatic hydroxyl groups is 4. The van der Waals surface area contributed by atoms with Gasteiger partial charge in [-0.3, -0.25) is 0 Å². The van der Waals surface area contributed by atoms with Crippen molar-refractivity contribution in [3.63, 3.8) is 0 Å². The molecule has 1 aromatic rings. The van der Waals surface area contributed by atoms with Crippen LogP contribution in [-0.2, 0) is 20.7 Å². The van der Waals surface area contributed by atoms with E-state index in [1.54, 1.807) is 12.1 Å². The molecule has 2 fully saturated rings. The molecule has 0 bridgehead atoms. The van der Waals surface area contributed by atoms with Gasteiger partial charge in [0.2, 0.25) is 0 Å². The number of hydrogen-bond acceptors (Lipinski definition) is 9. The molecular formula is C19H26O9. The van der Waals surface area contributed by atoms with Crippen molar-refractivity contribution >= 4 is 5.97 Å². The summed E-state index contributed by atoms with van der Waals surface area (Å²) < 4.78 is 16.2. The molecule has 1 heterocycles. The molecule has 9 nitrogen and oxygen atoms in total. The first-order chi connectivity index (χ1) is 13.3. The minimum atomic E-state index is -1.50. The van der Waals surface area contributed by atoms with E-state index in [0.717, 1.165) is 0 Å². The van der Waals surface area contributed by atoms with E-state index in [0.29, 0.717) is 5.56 Å². The van der Waals surface area contributed by atoms with Gasteiger partial charge in [-0.25, -0.2) is 4.79 Å². The maximum Gasteiger partial charge on any atom is 0.338 e. The summed E-state index contributed by atoms with van der Waals surface area (Å²) in [5.74, 6) is -1.07. The van der Waals surface area contributed by atoms with Crippen molar-refractivity contribution in [3.05, 3.63) is 23.8 Å². The predicted molar refractivity (Wildman–Crippen MR) is 94.8 cm³/mol. The van der Waals surface area contributed by atoms with Crippen LogP contribution < -0.4 is 4.74 Å². The first kappa shape index (κ1) is 20.8. The first-order valence-electron chi connectivity index (χ1n) is 9.17. The van der Waals surface area contributed by atoms with Gasteiger partial charge in [0.05, 0.1) is 25.9 Å². The summed E-state index contributed by atoms with van der Waals surface area (Å²) in [6.07, 6.45) is -4.76. The number of esters is 1. The van der Waals surface area contributed by atoms with Crippen molar-refractivity contribution in [1.29, 1.82) is 0 Å². The van der Waals surface area contributed by atoms with E-state index >= 15 is 0 Å². The molecule has 1 saturated heterocycles. The number of rotatable bonds is 6. The summed E-state index contributed by atoms with van der Waals surface area (Å²) in [4.78, 5) is 12.5. The number of carbonyl (C=O) groups is 1. The predicted octanol–water partition coefficient (Wildman–Crippen LogP) is -0.891. The molecule has 156 valence electrons. The Hall–Kier alpha value is -1.91. The van der Waals surface area contributed by atoms with Gasteiger partial charge in [0.25, 0.3) is 0 Å². The van der Waals surface area contributed by atoms with E-state index in [1.807, 2.05) is 0 Å². The number of phenols is 1. The minimum absolute atomic E-state index is 0.0409. The number of methoxy groups -OCH3 is 1. The van der Waals surface area contributed by atoms with Crippen molar-refractivity contribution in [1.82, 2.24) is 0 Å². The van der Waals surface area contributed by atoms with Gasteiger partial charge < -0.3 is 39.7 Å². The number of aliphatic hydroxyl groups excluding tert-OH is 4. The molecule has 0 aromatic heterocycles. The lowest BCUT2D eigenvalue weighted by molar-refractivity contribution is -0.213. The first-order valence-corrected chi connectivity index (χ1v) is 9.17. The molecule has 0 radical (unpaired) electrons. The Bertz CT molecular complexity index is 707. The fourth-order valence-corrected chi connectivity index (χ4v) is 3.88. The number of carbonyl (C=O) groups excluding carboxylic acids is 1. The maximum atomic E-state index is 12.5. The lowest BCUT2D eigenvalue weighted by Crippen LogP contribution is -2.58. The van der Waals surface area contributed by atoms with Gasteiger partial charge in [-0.15, -0.1) is 0 Å². The summed E-state index contributed by atoms with van der Waals surface area (Å²) in [5.41, 5.74) is -0.742. The van der Waals surface area contributed by atoms with Gasteiger partial charge in [-0.05, 0) is 24.1 Å². The number of phenolic OH excluding ortho intramolecular Hbond substituents is 1. The van der Waals surface area contributed by atoms with Gasteiger partial charge in [-0.2, -0.15) is 0 Å². The van der Waals surface area contributed by atoms with Crippen LogP contribution in [0.5, 0.6) is 11.5 Å². The quantitative estimate of drug-likeness (QED) is 0.385. The Morgan fingerprint density at radius 3 is 2.57 bits per heavy atom.